The maximum Gasteiger partial charge on any atom is 0.173 e. The molecule has 2 N–H and O–H groups in total. The Morgan fingerprint density at radius 1 is 1.13 bits per heavy atom. The number of H-pyrrole nitrogens is 1. The monoisotopic (exact) mass is 321 g/mol. The van der Waals surface area contributed by atoms with E-state index < -0.39 is 0 Å². The molecule has 116 valence electrons. The number of thiocarbonyl (C=S) groups is 1. The van der Waals surface area contributed by atoms with Gasteiger partial charge in [-0.25, -0.2) is 0 Å². The zero-order valence-electron chi connectivity index (χ0n) is 13.0. The van der Waals surface area contributed by atoms with Crippen LogP contribution in [0, 0.1) is 0 Å². The SMILES string of the molecule is CC1c2[nH]c3ccccc3c2CCN1C(=S)Nc1ccccc1. The second-order valence-corrected chi connectivity index (χ2v) is 6.37. The molecule has 0 aliphatic carbocycles. The minimum Gasteiger partial charge on any atom is -0.356 e. The summed E-state index contributed by atoms with van der Waals surface area (Å²) in [6, 6.07) is 18.9. The number of rotatable bonds is 1. The molecule has 3 nitrogen and oxygen atoms in total. The lowest BCUT2D eigenvalue weighted by atomic mass is 9.99. The van der Waals surface area contributed by atoms with Gasteiger partial charge in [-0.2, -0.15) is 0 Å². The van der Waals surface area contributed by atoms with E-state index in [1.165, 1.54) is 22.2 Å². The number of anilines is 1. The predicted octanol–water partition coefficient (Wildman–Crippen LogP) is 4.48. The molecule has 0 bridgehead atoms. The van der Waals surface area contributed by atoms with Crippen LogP contribution in [0.25, 0.3) is 10.9 Å². The molecule has 2 aromatic carbocycles. The number of nitrogens with zero attached hydrogens (tertiary/aromatic N) is 1. The average molecular weight is 321 g/mol. The third-order valence-corrected chi connectivity index (χ3v) is 4.96. The third-order valence-electron chi connectivity index (χ3n) is 4.62. The normalized spacial score (nSPS) is 17.1. The number of nitrogens with one attached hydrogen (secondary N) is 2. The number of aromatic amines is 1. The third kappa shape index (κ3) is 2.49. The number of para-hydroxylation sites is 2. The highest BCUT2D eigenvalue weighted by Crippen LogP contribution is 2.34. The number of fused-ring (bicyclic) bond motifs is 3. The molecular formula is C19H19N3S. The van der Waals surface area contributed by atoms with Crippen LogP contribution in [0.2, 0.25) is 0 Å². The van der Waals surface area contributed by atoms with Gasteiger partial charge in [0.1, 0.15) is 0 Å². The van der Waals surface area contributed by atoms with Crippen molar-refractivity contribution in [1.82, 2.24) is 9.88 Å². The first kappa shape index (κ1) is 14.3. The molecule has 3 aromatic rings. The van der Waals surface area contributed by atoms with Crippen molar-refractivity contribution in [2.24, 2.45) is 0 Å². The van der Waals surface area contributed by atoms with Crippen molar-refractivity contribution in [1.29, 1.82) is 0 Å². The molecule has 1 atom stereocenters. The van der Waals surface area contributed by atoms with Gasteiger partial charge in [-0.3, -0.25) is 0 Å². The summed E-state index contributed by atoms with van der Waals surface area (Å²) in [5.41, 5.74) is 4.97. The second-order valence-electron chi connectivity index (χ2n) is 5.98. The van der Waals surface area contributed by atoms with Crippen molar-refractivity contribution in [3.8, 4) is 0 Å². The van der Waals surface area contributed by atoms with E-state index in [2.05, 4.69) is 46.4 Å². The van der Waals surface area contributed by atoms with Crippen LogP contribution in [0.3, 0.4) is 0 Å². The summed E-state index contributed by atoms with van der Waals surface area (Å²) >= 11 is 5.64. The molecule has 4 heteroatoms. The number of aromatic nitrogens is 1. The first-order valence-electron chi connectivity index (χ1n) is 7.96. The lowest BCUT2D eigenvalue weighted by Gasteiger charge is -2.35. The molecule has 2 heterocycles. The topological polar surface area (TPSA) is 31.1 Å². The van der Waals surface area contributed by atoms with Gasteiger partial charge in [0.15, 0.2) is 5.11 Å². The summed E-state index contributed by atoms with van der Waals surface area (Å²) in [6.45, 7) is 3.15. The Morgan fingerprint density at radius 3 is 2.70 bits per heavy atom. The molecule has 4 rings (SSSR count). The maximum atomic E-state index is 5.64. The van der Waals surface area contributed by atoms with Crippen molar-refractivity contribution in [3.05, 3.63) is 65.9 Å². The van der Waals surface area contributed by atoms with Gasteiger partial charge in [-0.1, -0.05) is 36.4 Å². The molecule has 1 aromatic heterocycles. The van der Waals surface area contributed by atoms with Crippen LogP contribution in [0.15, 0.2) is 54.6 Å². The minimum atomic E-state index is 0.245. The fourth-order valence-corrected chi connectivity index (χ4v) is 3.79. The van der Waals surface area contributed by atoms with Crippen molar-refractivity contribution >= 4 is 33.9 Å². The van der Waals surface area contributed by atoms with Crippen LogP contribution in [0.4, 0.5) is 5.69 Å². The Hall–Kier alpha value is -2.33. The lowest BCUT2D eigenvalue weighted by molar-refractivity contribution is 0.319. The summed E-state index contributed by atoms with van der Waals surface area (Å²) < 4.78 is 0. The van der Waals surface area contributed by atoms with Gasteiger partial charge in [0.25, 0.3) is 0 Å². The minimum absolute atomic E-state index is 0.245. The molecule has 0 saturated heterocycles. The molecule has 0 fully saturated rings. The van der Waals surface area contributed by atoms with E-state index in [1.54, 1.807) is 0 Å². The van der Waals surface area contributed by atoms with Gasteiger partial charge in [0.2, 0.25) is 0 Å². The molecule has 0 amide bonds. The van der Waals surface area contributed by atoms with Crippen molar-refractivity contribution in [3.63, 3.8) is 0 Å². The maximum absolute atomic E-state index is 5.64. The molecule has 1 aliphatic rings. The summed E-state index contributed by atoms with van der Waals surface area (Å²) in [5.74, 6) is 0. The van der Waals surface area contributed by atoms with E-state index in [9.17, 15) is 0 Å². The largest absolute Gasteiger partial charge is 0.356 e. The number of hydrogen-bond acceptors (Lipinski definition) is 1. The van der Waals surface area contributed by atoms with E-state index in [-0.39, 0.29) is 6.04 Å². The van der Waals surface area contributed by atoms with Gasteiger partial charge >= 0.3 is 0 Å². The Balaban J connectivity index is 1.62. The first-order valence-corrected chi connectivity index (χ1v) is 8.37. The van der Waals surface area contributed by atoms with Crippen LogP contribution in [0.5, 0.6) is 0 Å². The van der Waals surface area contributed by atoms with E-state index in [4.69, 9.17) is 12.2 Å². The van der Waals surface area contributed by atoms with Gasteiger partial charge in [0, 0.05) is 28.8 Å². The number of hydrogen-bond donors (Lipinski definition) is 2. The Morgan fingerprint density at radius 2 is 1.87 bits per heavy atom. The highest BCUT2D eigenvalue weighted by Gasteiger charge is 2.28. The van der Waals surface area contributed by atoms with Gasteiger partial charge in [-0.05, 0) is 49.3 Å². The van der Waals surface area contributed by atoms with Crippen LogP contribution in [0.1, 0.15) is 24.2 Å². The van der Waals surface area contributed by atoms with E-state index in [0.29, 0.717) is 0 Å². The molecule has 1 unspecified atom stereocenters. The van der Waals surface area contributed by atoms with Crippen molar-refractivity contribution in [2.45, 2.75) is 19.4 Å². The van der Waals surface area contributed by atoms with Crippen LogP contribution in [-0.4, -0.2) is 21.5 Å². The van der Waals surface area contributed by atoms with Crippen LogP contribution in [-0.2, 0) is 6.42 Å². The van der Waals surface area contributed by atoms with Crippen LogP contribution < -0.4 is 5.32 Å². The Kier molecular flexibility index (Phi) is 3.54. The molecule has 0 saturated carbocycles. The summed E-state index contributed by atoms with van der Waals surface area (Å²) in [6.07, 6.45) is 1.01. The first-order chi connectivity index (χ1) is 11.2. The summed E-state index contributed by atoms with van der Waals surface area (Å²) in [7, 11) is 0. The van der Waals surface area contributed by atoms with Gasteiger partial charge in [-0.15, -0.1) is 0 Å². The van der Waals surface area contributed by atoms with Gasteiger partial charge < -0.3 is 15.2 Å². The molecule has 0 spiro atoms. The van der Waals surface area contributed by atoms with E-state index >= 15 is 0 Å². The second kappa shape index (κ2) is 5.70. The van der Waals surface area contributed by atoms with E-state index in [0.717, 1.165) is 23.8 Å². The fraction of sp³-hybridized carbons (Fsp3) is 0.211. The fourth-order valence-electron chi connectivity index (χ4n) is 3.42. The standard InChI is InChI=1S/C19H19N3S/c1-13-18-16(15-9-5-6-10-17(15)21-18)11-12-22(13)19(23)20-14-7-3-2-4-8-14/h2-10,13,21H,11-12H2,1H3,(H,20,23). The van der Waals surface area contributed by atoms with Crippen molar-refractivity contribution < 1.29 is 0 Å². The molecule has 0 radical (unpaired) electrons. The predicted molar refractivity (Wildman–Crippen MR) is 99.8 cm³/mol. The molecule has 23 heavy (non-hydrogen) atoms. The zero-order valence-corrected chi connectivity index (χ0v) is 13.9. The summed E-state index contributed by atoms with van der Waals surface area (Å²) in [4.78, 5) is 5.85. The number of benzene rings is 2. The molecule has 1 aliphatic heterocycles. The van der Waals surface area contributed by atoms with Crippen LogP contribution >= 0.6 is 12.2 Å². The highest BCUT2D eigenvalue weighted by molar-refractivity contribution is 7.80. The summed E-state index contributed by atoms with van der Waals surface area (Å²) in [5, 5.41) is 5.48. The average Bonchev–Trinajstić information content (AvgIpc) is 2.96. The zero-order chi connectivity index (χ0) is 15.8. The Labute approximate surface area is 141 Å². The van der Waals surface area contributed by atoms with Crippen molar-refractivity contribution in [2.75, 3.05) is 11.9 Å². The Bertz CT molecular complexity index is 853. The van der Waals surface area contributed by atoms with E-state index in [1.807, 2.05) is 30.3 Å². The lowest BCUT2D eigenvalue weighted by Crippen LogP contribution is -2.41. The quantitative estimate of drug-likeness (QED) is 0.648. The van der Waals surface area contributed by atoms with Gasteiger partial charge in [0.05, 0.1) is 6.04 Å². The highest BCUT2D eigenvalue weighted by atomic mass is 32.1. The smallest absolute Gasteiger partial charge is 0.173 e. The molecular weight excluding hydrogens is 302 g/mol.